The molecule has 2 aromatic carbocycles. The van der Waals surface area contributed by atoms with Crippen LogP contribution in [-0.4, -0.2) is 17.8 Å². The lowest BCUT2D eigenvalue weighted by Crippen LogP contribution is -2.16. The number of halogens is 1. The summed E-state index contributed by atoms with van der Waals surface area (Å²) in [5.41, 5.74) is 1.61. The molecule has 2 aromatic rings. The van der Waals surface area contributed by atoms with E-state index in [1.807, 2.05) is 0 Å². The van der Waals surface area contributed by atoms with Gasteiger partial charge in [-0.2, -0.15) is 0 Å². The van der Waals surface area contributed by atoms with Gasteiger partial charge in [-0.1, -0.05) is 32.1 Å². The first kappa shape index (κ1) is 23.0. The number of hydrogen-bond donors (Lipinski definition) is 2. The van der Waals surface area contributed by atoms with Gasteiger partial charge in [-0.3, -0.25) is 14.4 Å². The molecule has 31 heavy (non-hydrogen) atoms. The minimum absolute atomic E-state index is 0.00812. The van der Waals surface area contributed by atoms with E-state index in [2.05, 4.69) is 26.6 Å². The van der Waals surface area contributed by atoms with Crippen LogP contribution in [0.4, 0.5) is 11.4 Å². The highest BCUT2D eigenvalue weighted by Gasteiger charge is 2.15. The van der Waals surface area contributed by atoms with E-state index < -0.39 is 5.97 Å². The van der Waals surface area contributed by atoms with Crippen LogP contribution in [0, 0.1) is 5.92 Å². The fraction of sp³-hybridized carbons (Fsp3) is 0.375. The molecule has 1 aliphatic rings. The third kappa shape index (κ3) is 7.21. The molecule has 2 amide bonds. The van der Waals surface area contributed by atoms with Crippen molar-refractivity contribution in [3.63, 3.8) is 0 Å². The second-order valence-corrected chi connectivity index (χ2v) is 8.71. The molecule has 0 bridgehead atoms. The lowest BCUT2D eigenvalue weighted by atomic mass is 9.86. The normalized spacial score (nSPS) is 14.0. The van der Waals surface area contributed by atoms with Crippen LogP contribution in [-0.2, 0) is 9.59 Å². The van der Waals surface area contributed by atoms with Crippen LogP contribution in [0.2, 0.25) is 0 Å². The van der Waals surface area contributed by atoms with Crippen LogP contribution in [0.3, 0.4) is 0 Å². The van der Waals surface area contributed by atoms with Gasteiger partial charge >= 0.3 is 5.97 Å². The zero-order valence-corrected chi connectivity index (χ0v) is 19.2. The Morgan fingerprint density at radius 3 is 2.39 bits per heavy atom. The quantitative estimate of drug-likeness (QED) is 0.375. The fourth-order valence-electron chi connectivity index (χ4n) is 3.77. The predicted octanol–water partition coefficient (Wildman–Crippen LogP) is 5.93. The molecule has 1 aliphatic carbocycles. The average molecular weight is 487 g/mol. The first-order chi connectivity index (χ1) is 14.9. The smallest absolute Gasteiger partial charge is 0.308 e. The number of carbonyl (C=O) groups excluding carboxylic acids is 3. The summed E-state index contributed by atoms with van der Waals surface area (Å²) in [5.74, 6) is 0.301. The van der Waals surface area contributed by atoms with Gasteiger partial charge in [0.15, 0.2) is 0 Å². The molecule has 0 heterocycles. The molecule has 0 spiro atoms. The molecular formula is C24H27BrN2O4. The molecule has 0 aliphatic heterocycles. The summed E-state index contributed by atoms with van der Waals surface area (Å²) in [7, 11) is 0. The Kier molecular flexibility index (Phi) is 8.23. The van der Waals surface area contributed by atoms with Crippen LogP contribution < -0.4 is 15.4 Å². The molecule has 0 unspecified atom stereocenters. The van der Waals surface area contributed by atoms with Crippen LogP contribution in [0.25, 0.3) is 0 Å². The Morgan fingerprint density at radius 2 is 1.71 bits per heavy atom. The van der Waals surface area contributed by atoms with E-state index in [0.29, 0.717) is 39.5 Å². The van der Waals surface area contributed by atoms with Gasteiger partial charge in [0.25, 0.3) is 5.91 Å². The molecule has 164 valence electrons. The van der Waals surface area contributed by atoms with Gasteiger partial charge in [0.2, 0.25) is 5.91 Å². The van der Waals surface area contributed by atoms with Crippen molar-refractivity contribution in [3.05, 3.63) is 52.5 Å². The number of anilines is 2. The first-order valence-electron chi connectivity index (χ1n) is 10.6. The Labute approximate surface area is 190 Å². The van der Waals surface area contributed by atoms with Crippen molar-refractivity contribution in [2.45, 2.75) is 51.9 Å². The first-order valence-corrected chi connectivity index (χ1v) is 11.4. The highest BCUT2D eigenvalue weighted by atomic mass is 79.9. The van der Waals surface area contributed by atoms with Crippen LogP contribution in [0.1, 0.15) is 62.2 Å². The van der Waals surface area contributed by atoms with Gasteiger partial charge < -0.3 is 15.4 Å². The van der Waals surface area contributed by atoms with Gasteiger partial charge in [-0.15, -0.1) is 0 Å². The zero-order chi connectivity index (χ0) is 22.2. The number of rotatable bonds is 7. The van der Waals surface area contributed by atoms with E-state index in [-0.39, 0.29) is 11.8 Å². The summed E-state index contributed by atoms with van der Waals surface area (Å²) in [6, 6.07) is 11.6. The maximum atomic E-state index is 12.6. The summed E-state index contributed by atoms with van der Waals surface area (Å²) in [4.78, 5) is 35.9. The monoisotopic (exact) mass is 486 g/mol. The standard InChI is InChI=1S/C24H27BrN2O4/c1-16(28)31-20-11-8-18(9-12-20)24(30)27-22-15-19(10-13-21(22)25)26-23(29)14-7-17-5-3-2-4-6-17/h8-13,15,17H,2-7,14H2,1H3,(H,26,29)(H,27,30). The second-order valence-electron chi connectivity index (χ2n) is 7.86. The zero-order valence-electron chi connectivity index (χ0n) is 17.6. The number of amides is 2. The predicted molar refractivity (Wildman–Crippen MR) is 124 cm³/mol. The van der Waals surface area contributed by atoms with Gasteiger partial charge in [0.05, 0.1) is 5.69 Å². The number of hydrogen-bond acceptors (Lipinski definition) is 4. The topological polar surface area (TPSA) is 84.5 Å². The van der Waals surface area contributed by atoms with Gasteiger partial charge in [0.1, 0.15) is 5.75 Å². The maximum Gasteiger partial charge on any atom is 0.308 e. The minimum Gasteiger partial charge on any atom is -0.427 e. The Balaban J connectivity index is 1.57. The molecule has 0 radical (unpaired) electrons. The summed E-state index contributed by atoms with van der Waals surface area (Å²) in [5, 5.41) is 5.77. The van der Waals surface area contributed by atoms with Crippen molar-refractivity contribution >= 4 is 45.1 Å². The van der Waals surface area contributed by atoms with Gasteiger partial charge in [-0.25, -0.2) is 0 Å². The SMILES string of the molecule is CC(=O)Oc1ccc(C(=O)Nc2cc(NC(=O)CCC3CCCCC3)ccc2Br)cc1. The second kappa shape index (κ2) is 11.1. The number of benzene rings is 2. The largest absolute Gasteiger partial charge is 0.427 e. The maximum absolute atomic E-state index is 12.6. The molecule has 6 nitrogen and oxygen atoms in total. The van der Waals surface area contributed by atoms with Crippen molar-refractivity contribution in [2.75, 3.05) is 10.6 Å². The summed E-state index contributed by atoms with van der Waals surface area (Å²) in [6.45, 7) is 1.32. The third-order valence-electron chi connectivity index (χ3n) is 5.38. The minimum atomic E-state index is -0.418. The molecule has 7 heteroatoms. The van der Waals surface area contributed by atoms with E-state index in [0.717, 1.165) is 6.42 Å². The molecular weight excluding hydrogens is 460 g/mol. The van der Waals surface area contributed by atoms with E-state index in [1.165, 1.54) is 39.0 Å². The van der Waals surface area contributed by atoms with Crippen molar-refractivity contribution in [2.24, 2.45) is 5.92 Å². The Hall–Kier alpha value is -2.67. The van der Waals surface area contributed by atoms with E-state index >= 15 is 0 Å². The highest BCUT2D eigenvalue weighted by Crippen LogP contribution is 2.29. The van der Waals surface area contributed by atoms with Crippen molar-refractivity contribution in [3.8, 4) is 5.75 Å². The lowest BCUT2D eigenvalue weighted by Gasteiger charge is -2.21. The third-order valence-corrected chi connectivity index (χ3v) is 6.07. The molecule has 2 N–H and O–H groups in total. The van der Waals surface area contributed by atoms with Crippen LogP contribution in [0.15, 0.2) is 46.9 Å². The molecule has 1 fully saturated rings. The molecule has 0 saturated heterocycles. The fourth-order valence-corrected chi connectivity index (χ4v) is 4.11. The van der Waals surface area contributed by atoms with Gasteiger partial charge in [-0.05, 0) is 70.7 Å². The van der Waals surface area contributed by atoms with Crippen molar-refractivity contribution < 1.29 is 19.1 Å². The van der Waals surface area contributed by atoms with Crippen LogP contribution >= 0.6 is 15.9 Å². The number of nitrogens with one attached hydrogen (secondary N) is 2. The summed E-state index contributed by atoms with van der Waals surface area (Å²) < 4.78 is 5.69. The molecule has 0 aromatic heterocycles. The summed E-state index contributed by atoms with van der Waals surface area (Å²) >= 11 is 3.43. The number of ether oxygens (including phenoxy) is 1. The van der Waals surface area contributed by atoms with Crippen molar-refractivity contribution in [1.82, 2.24) is 0 Å². The van der Waals surface area contributed by atoms with Crippen LogP contribution in [0.5, 0.6) is 5.75 Å². The van der Waals surface area contributed by atoms with E-state index in [4.69, 9.17) is 4.74 Å². The number of carbonyl (C=O) groups is 3. The Bertz CT molecular complexity index is 937. The van der Waals surface area contributed by atoms with E-state index in [1.54, 1.807) is 42.5 Å². The van der Waals surface area contributed by atoms with Crippen molar-refractivity contribution in [1.29, 1.82) is 0 Å². The van der Waals surface area contributed by atoms with E-state index in [9.17, 15) is 14.4 Å². The lowest BCUT2D eigenvalue weighted by molar-refractivity contribution is -0.131. The molecule has 1 saturated carbocycles. The average Bonchev–Trinajstić information content (AvgIpc) is 2.75. The molecule has 3 rings (SSSR count). The molecule has 0 atom stereocenters. The highest BCUT2D eigenvalue weighted by molar-refractivity contribution is 9.10. The summed E-state index contributed by atoms with van der Waals surface area (Å²) in [6.07, 6.45) is 7.75. The number of esters is 1. The Morgan fingerprint density at radius 1 is 1.00 bits per heavy atom. The van der Waals surface area contributed by atoms with Gasteiger partial charge in [0, 0.05) is 29.1 Å².